The second-order valence-corrected chi connectivity index (χ2v) is 5.15. The highest BCUT2D eigenvalue weighted by atomic mass is 16.5. The largest absolute Gasteiger partial charge is 0.481 e. The van der Waals surface area contributed by atoms with Gasteiger partial charge in [-0.3, -0.25) is 4.79 Å². The molecule has 3 nitrogen and oxygen atoms in total. The van der Waals surface area contributed by atoms with Gasteiger partial charge in [-0.25, -0.2) is 0 Å². The van der Waals surface area contributed by atoms with E-state index in [1.165, 1.54) is 5.56 Å². The van der Waals surface area contributed by atoms with Gasteiger partial charge >= 0.3 is 0 Å². The van der Waals surface area contributed by atoms with Gasteiger partial charge in [-0.15, -0.1) is 0 Å². The van der Waals surface area contributed by atoms with Crippen LogP contribution in [0.4, 0.5) is 0 Å². The van der Waals surface area contributed by atoms with E-state index in [2.05, 4.69) is 25.2 Å². The lowest BCUT2D eigenvalue weighted by Gasteiger charge is -2.17. The minimum absolute atomic E-state index is 0.0834. The van der Waals surface area contributed by atoms with Crippen molar-refractivity contribution >= 4 is 5.91 Å². The standard InChI is InChI=1S/C15H23NO2/c1-10(2)13-7-6-8-14(9-13)18-12(5)15(17)16-11(3)4/h6-12H,1-5H3,(H,16,17). The van der Waals surface area contributed by atoms with E-state index in [1.54, 1.807) is 6.92 Å². The molecule has 1 unspecified atom stereocenters. The molecule has 1 atom stereocenters. The van der Waals surface area contributed by atoms with E-state index in [1.807, 2.05) is 32.0 Å². The number of rotatable bonds is 5. The summed E-state index contributed by atoms with van der Waals surface area (Å²) in [6.07, 6.45) is -0.477. The van der Waals surface area contributed by atoms with Crippen LogP contribution in [0.15, 0.2) is 24.3 Å². The Balaban J connectivity index is 2.66. The highest BCUT2D eigenvalue weighted by molar-refractivity contribution is 5.80. The van der Waals surface area contributed by atoms with E-state index in [0.717, 1.165) is 5.75 Å². The Labute approximate surface area is 110 Å². The molecule has 0 aliphatic heterocycles. The molecule has 1 amide bonds. The minimum Gasteiger partial charge on any atom is -0.481 e. The Bertz CT molecular complexity index is 399. The molecule has 100 valence electrons. The van der Waals surface area contributed by atoms with Crippen molar-refractivity contribution in [2.45, 2.75) is 52.7 Å². The van der Waals surface area contributed by atoms with Crippen molar-refractivity contribution in [3.63, 3.8) is 0 Å². The summed E-state index contributed by atoms with van der Waals surface area (Å²) in [4.78, 5) is 11.7. The summed E-state index contributed by atoms with van der Waals surface area (Å²) in [6, 6.07) is 8.02. The second-order valence-electron chi connectivity index (χ2n) is 5.15. The predicted molar refractivity (Wildman–Crippen MR) is 73.9 cm³/mol. The SMILES string of the molecule is CC(C)NC(=O)C(C)Oc1cccc(C(C)C)c1. The third-order valence-corrected chi connectivity index (χ3v) is 2.64. The van der Waals surface area contributed by atoms with Crippen LogP contribution in [0, 0.1) is 0 Å². The Morgan fingerprint density at radius 2 is 1.83 bits per heavy atom. The molecule has 1 aromatic rings. The summed E-state index contributed by atoms with van der Waals surface area (Å²) in [5.74, 6) is 1.11. The highest BCUT2D eigenvalue weighted by Gasteiger charge is 2.15. The molecule has 0 saturated heterocycles. The van der Waals surface area contributed by atoms with Crippen LogP contribution in [0.25, 0.3) is 0 Å². The van der Waals surface area contributed by atoms with Gasteiger partial charge in [0.1, 0.15) is 5.75 Å². The van der Waals surface area contributed by atoms with Gasteiger partial charge in [0.2, 0.25) is 0 Å². The molecule has 0 spiro atoms. The van der Waals surface area contributed by atoms with E-state index in [4.69, 9.17) is 4.74 Å². The van der Waals surface area contributed by atoms with Gasteiger partial charge in [0, 0.05) is 6.04 Å². The maximum absolute atomic E-state index is 11.7. The Kier molecular flexibility index (Phi) is 5.20. The molecular formula is C15H23NO2. The van der Waals surface area contributed by atoms with E-state index < -0.39 is 6.10 Å². The summed E-state index contributed by atoms with van der Waals surface area (Å²) in [7, 11) is 0. The number of carbonyl (C=O) groups excluding carboxylic acids is 1. The van der Waals surface area contributed by atoms with Crippen molar-refractivity contribution in [2.75, 3.05) is 0 Å². The molecule has 3 heteroatoms. The van der Waals surface area contributed by atoms with Gasteiger partial charge in [-0.1, -0.05) is 26.0 Å². The predicted octanol–water partition coefficient (Wildman–Crippen LogP) is 3.10. The zero-order chi connectivity index (χ0) is 13.7. The van der Waals surface area contributed by atoms with Crippen molar-refractivity contribution in [1.82, 2.24) is 5.32 Å². The Hall–Kier alpha value is -1.51. The summed E-state index contributed by atoms with van der Waals surface area (Å²) in [5.41, 5.74) is 1.21. The topological polar surface area (TPSA) is 38.3 Å². The first kappa shape index (κ1) is 14.6. The molecule has 18 heavy (non-hydrogen) atoms. The van der Waals surface area contributed by atoms with Crippen LogP contribution in [0.5, 0.6) is 5.75 Å². The summed E-state index contributed by atoms with van der Waals surface area (Å²) in [5, 5.41) is 2.84. The Morgan fingerprint density at radius 1 is 1.17 bits per heavy atom. The van der Waals surface area contributed by atoms with E-state index in [-0.39, 0.29) is 11.9 Å². The number of carbonyl (C=O) groups is 1. The maximum Gasteiger partial charge on any atom is 0.260 e. The third kappa shape index (κ3) is 4.40. The zero-order valence-corrected chi connectivity index (χ0v) is 11.9. The molecule has 0 radical (unpaired) electrons. The van der Waals surface area contributed by atoms with E-state index in [9.17, 15) is 4.79 Å². The highest BCUT2D eigenvalue weighted by Crippen LogP contribution is 2.20. The van der Waals surface area contributed by atoms with E-state index >= 15 is 0 Å². The molecule has 0 heterocycles. The average molecular weight is 249 g/mol. The van der Waals surface area contributed by atoms with Crippen LogP contribution in [0.2, 0.25) is 0 Å². The zero-order valence-electron chi connectivity index (χ0n) is 11.9. The minimum atomic E-state index is -0.477. The lowest BCUT2D eigenvalue weighted by Crippen LogP contribution is -2.40. The van der Waals surface area contributed by atoms with Crippen LogP contribution >= 0.6 is 0 Å². The normalized spacial score (nSPS) is 12.6. The second kappa shape index (κ2) is 6.43. The van der Waals surface area contributed by atoms with Crippen molar-refractivity contribution in [3.05, 3.63) is 29.8 Å². The van der Waals surface area contributed by atoms with Crippen LogP contribution in [0.1, 0.15) is 46.1 Å². The molecule has 1 rings (SSSR count). The first-order valence-corrected chi connectivity index (χ1v) is 6.47. The van der Waals surface area contributed by atoms with Crippen molar-refractivity contribution in [2.24, 2.45) is 0 Å². The number of amides is 1. The summed E-state index contributed by atoms with van der Waals surface area (Å²) >= 11 is 0. The average Bonchev–Trinajstić information content (AvgIpc) is 2.28. The van der Waals surface area contributed by atoms with Gasteiger partial charge in [0.15, 0.2) is 6.10 Å². The monoisotopic (exact) mass is 249 g/mol. The molecule has 0 aliphatic carbocycles. The molecule has 1 N–H and O–H groups in total. The van der Waals surface area contributed by atoms with Gasteiger partial charge in [-0.2, -0.15) is 0 Å². The van der Waals surface area contributed by atoms with Gasteiger partial charge < -0.3 is 10.1 Å². The molecule has 0 saturated carbocycles. The quantitative estimate of drug-likeness (QED) is 0.870. The first-order chi connectivity index (χ1) is 8.40. The number of hydrogen-bond donors (Lipinski definition) is 1. The summed E-state index contributed by atoms with van der Waals surface area (Å²) < 4.78 is 5.66. The fourth-order valence-corrected chi connectivity index (χ4v) is 1.61. The fourth-order valence-electron chi connectivity index (χ4n) is 1.61. The maximum atomic E-state index is 11.7. The van der Waals surface area contributed by atoms with Crippen LogP contribution < -0.4 is 10.1 Å². The van der Waals surface area contributed by atoms with Crippen molar-refractivity contribution in [3.8, 4) is 5.75 Å². The third-order valence-electron chi connectivity index (χ3n) is 2.64. The van der Waals surface area contributed by atoms with Crippen LogP contribution in [-0.2, 0) is 4.79 Å². The molecule has 0 aliphatic rings. The molecule has 0 aromatic heterocycles. The number of hydrogen-bond acceptors (Lipinski definition) is 2. The Morgan fingerprint density at radius 3 is 2.39 bits per heavy atom. The van der Waals surface area contributed by atoms with Gasteiger partial charge in [0.05, 0.1) is 0 Å². The van der Waals surface area contributed by atoms with Crippen LogP contribution in [0.3, 0.4) is 0 Å². The number of ether oxygens (including phenoxy) is 1. The van der Waals surface area contributed by atoms with Gasteiger partial charge in [0.25, 0.3) is 5.91 Å². The molecule has 0 bridgehead atoms. The molecule has 1 aromatic carbocycles. The van der Waals surface area contributed by atoms with Crippen LogP contribution in [-0.4, -0.2) is 18.1 Å². The van der Waals surface area contributed by atoms with Gasteiger partial charge in [-0.05, 0) is 44.4 Å². The lowest BCUT2D eigenvalue weighted by atomic mass is 10.0. The number of benzene rings is 1. The van der Waals surface area contributed by atoms with E-state index in [0.29, 0.717) is 5.92 Å². The molecular weight excluding hydrogens is 226 g/mol. The lowest BCUT2D eigenvalue weighted by molar-refractivity contribution is -0.127. The summed E-state index contributed by atoms with van der Waals surface area (Å²) in [6.45, 7) is 9.90. The first-order valence-electron chi connectivity index (χ1n) is 6.47. The fraction of sp³-hybridized carbons (Fsp3) is 0.533. The van der Waals surface area contributed by atoms with Crippen molar-refractivity contribution in [1.29, 1.82) is 0 Å². The molecule has 0 fully saturated rings. The smallest absolute Gasteiger partial charge is 0.260 e. The van der Waals surface area contributed by atoms with Crippen molar-refractivity contribution < 1.29 is 9.53 Å². The number of nitrogens with one attached hydrogen (secondary N) is 1.